The van der Waals surface area contributed by atoms with Crippen LogP contribution in [0, 0.1) is 11.8 Å². The van der Waals surface area contributed by atoms with Crippen LogP contribution in [0.15, 0.2) is 0 Å². The number of aliphatic carboxylic acids is 1. The summed E-state index contributed by atoms with van der Waals surface area (Å²) in [5.74, 6) is -0.722. The van der Waals surface area contributed by atoms with Gasteiger partial charge < -0.3 is 11.5 Å². The molecule has 0 saturated heterocycles. The predicted octanol–water partition coefficient (Wildman–Crippen LogP) is 2.10. The Morgan fingerprint density at radius 1 is 1.45 bits per heavy atom. The quantitative estimate of drug-likeness (QED) is 0.756. The molecule has 1 N–H and O–H groups in total. The number of carbonyl (C=O) groups is 1. The molecule has 0 aromatic rings. The maximum Gasteiger partial charge on any atom is 0.300 e. The van der Waals surface area contributed by atoms with Crippen LogP contribution in [0.2, 0.25) is 0 Å². The maximum absolute atomic E-state index is 10.1. The standard InChI is InChI=1S/C8H15O2.Y/c1-8(2,3)6-4-5-7(9)10;/h6H,4-5H2,1-3H3,(H,9,10);/q-1;. The summed E-state index contributed by atoms with van der Waals surface area (Å²) in [4.78, 5) is 10.1. The van der Waals surface area contributed by atoms with E-state index in [1.807, 2.05) is 6.42 Å². The second kappa shape index (κ2) is 6.13. The molecule has 0 bridgehead atoms. The molecule has 0 saturated carbocycles. The van der Waals surface area contributed by atoms with Crippen molar-refractivity contribution in [3.05, 3.63) is 6.42 Å². The molecule has 2 nitrogen and oxygen atoms in total. The van der Waals surface area contributed by atoms with Gasteiger partial charge in [-0.25, -0.2) is 0 Å². The molecule has 3 heteroatoms. The van der Waals surface area contributed by atoms with Crippen molar-refractivity contribution < 1.29 is 42.6 Å². The Kier molecular flexibility index (Phi) is 7.87. The summed E-state index contributed by atoms with van der Waals surface area (Å²) in [6.45, 7) is 6.19. The Morgan fingerprint density at radius 3 is 2.18 bits per heavy atom. The van der Waals surface area contributed by atoms with Gasteiger partial charge in [0.25, 0.3) is 0 Å². The SMILES string of the molecule is CC(C)(C)[CH-]CCC(=O)O.[Y]. The van der Waals surface area contributed by atoms with E-state index in [9.17, 15) is 4.79 Å². The Hall–Kier alpha value is 0.574. The van der Waals surface area contributed by atoms with Gasteiger partial charge in [0.05, 0.1) is 0 Å². The molecule has 1 radical (unpaired) electrons. The fourth-order valence-corrected chi connectivity index (χ4v) is 0.629. The summed E-state index contributed by atoms with van der Waals surface area (Å²) in [7, 11) is 0. The van der Waals surface area contributed by atoms with E-state index in [1.165, 1.54) is 0 Å². The molecule has 63 valence electrons. The van der Waals surface area contributed by atoms with Crippen LogP contribution >= 0.6 is 0 Å². The molecule has 0 aliphatic rings. The Labute approximate surface area is 93.6 Å². The van der Waals surface area contributed by atoms with Crippen LogP contribution in [0.5, 0.6) is 0 Å². The maximum atomic E-state index is 10.1. The molecule has 0 aromatic heterocycles. The van der Waals surface area contributed by atoms with E-state index in [0.29, 0.717) is 6.42 Å². The third kappa shape index (κ3) is 13.6. The summed E-state index contributed by atoms with van der Waals surface area (Å²) in [5, 5.41) is 8.29. The van der Waals surface area contributed by atoms with Gasteiger partial charge >= 0.3 is 5.97 Å². The molecule has 0 aromatic carbocycles. The van der Waals surface area contributed by atoms with E-state index in [-0.39, 0.29) is 44.5 Å². The van der Waals surface area contributed by atoms with Crippen LogP contribution in [-0.2, 0) is 37.5 Å². The van der Waals surface area contributed by atoms with E-state index in [1.54, 1.807) is 0 Å². The van der Waals surface area contributed by atoms with Crippen molar-refractivity contribution in [2.75, 3.05) is 0 Å². The van der Waals surface area contributed by atoms with Crippen LogP contribution in [0.4, 0.5) is 0 Å². The zero-order valence-electron chi connectivity index (χ0n) is 7.42. The van der Waals surface area contributed by atoms with Gasteiger partial charge in [0.2, 0.25) is 0 Å². The summed E-state index contributed by atoms with van der Waals surface area (Å²) in [6, 6.07) is 0. The molecule has 0 aliphatic heterocycles. The second-order valence-corrected chi connectivity index (χ2v) is 3.50. The third-order valence-corrected chi connectivity index (χ3v) is 1.11. The Bertz CT molecular complexity index is 116. The molecule has 0 fully saturated rings. The summed E-state index contributed by atoms with van der Waals surface area (Å²) in [6.07, 6.45) is 2.94. The molecule has 0 aliphatic carbocycles. The smallest absolute Gasteiger partial charge is 0.300 e. The van der Waals surface area contributed by atoms with Gasteiger partial charge in [-0.1, -0.05) is 20.8 Å². The van der Waals surface area contributed by atoms with E-state index in [0.717, 1.165) is 0 Å². The summed E-state index contributed by atoms with van der Waals surface area (Å²) >= 11 is 0. The first-order chi connectivity index (χ1) is 4.42. The Balaban J connectivity index is 0. The molecule has 0 rings (SSSR count). The van der Waals surface area contributed by atoms with Gasteiger partial charge in [0, 0.05) is 39.1 Å². The van der Waals surface area contributed by atoms with Crippen molar-refractivity contribution >= 4 is 5.97 Å². The zero-order valence-corrected chi connectivity index (χ0v) is 10.3. The van der Waals surface area contributed by atoms with Crippen molar-refractivity contribution in [3.63, 3.8) is 0 Å². The van der Waals surface area contributed by atoms with Gasteiger partial charge in [-0.2, -0.15) is 11.8 Å². The summed E-state index contributed by atoms with van der Waals surface area (Å²) < 4.78 is 0. The summed E-state index contributed by atoms with van der Waals surface area (Å²) in [5.41, 5.74) is 0.148. The first-order valence-corrected chi connectivity index (χ1v) is 3.48. The molecule has 0 spiro atoms. The third-order valence-electron chi connectivity index (χ3n) is 1.11. The fraction of sp³-hybridized carbons (Fsp3) is 0.750. The predicted molar refractivity (Wildman–Crippen MR) is 40.6 cm³/mol. The number of carboxylic acid groups (broad SMARTS) is 1. The topological polar surface area (TPSA) is 37.3 Å². The van der Waals surface area contributed by atoms with Crippen molar-refractivity contribution in [2.45, 2.75) is 33.6 Å². The second-order valence-electron chi connectivity index (χ2n) is 3.50. The van der Waals surface area contributed by atoms with Crippen LogP contribution in [0.3, 0.4) is 0 Å². The first kappa shape index (κ1) is 14.1. The minimum Gasteiger partial charge on any atom is -0.481 e. The average Bonchev–Trinajstić information content (AvgIpc) is 1.59. The van der Waals surface area contributed by atoms with Crippen molar-refractivity contribution in [2.24, 2.45) is 5.41 Å². The van der Waals surface area contributed by atoms with Crippen LogP contribution in [0.25, 0.3) is 0 Å². The normalized spacial score (nSPS) is 10.5. The molecular formula is C8H15O2Y-. The van der Waals surface area contributed by atoms with E-state index in [4.69, 9.17) is 5.11 Å². The van der Waals surface area contributed by atoms with Crippen LogP contribution in [-0.4, -0.2) is 11.1 Å². The zero-order chi connectivity index (χ0) is 8.20. The monoisotopic (exact) mass is 232 g/mol. The number of rotatable bonds is 3. The largest absolute Gasteiger partial charge is 0.481 e. The van der Waals surface area contributed by atoms with Gasteiger partial charge in [0.15, 0.2) is 0 Å². The molecule has 0 unspecified atom stereocenters. The van der Waals surface area contributed by atoms with Gasteiger partial charge in [-0.05, 0) is 0 Å². The fourth-order valence-electron chi connectivity index (χ4n) is 0.629. The molecular weight excluding hydrogens is 217 g/mol. The average molecular weight is 232 g/mol. The minimum atomic E-state index is -0.722. The van der Waals surface area contributed by atoms with Crippen molar-refractivity contribution in [1.29, 1.82) is 0 Å². The molecule has 11 heavy (non-hydrogen) atoms. The number of carboxylic acids is 1. The van der Waals surface area contributed by atoms with E-state index >= 15 is 0 Å². The van der Waals surface area contributed by atoms with Gasteiger partial charge in [0.1, 0.15) is 0 Å². The van der Waals surface area contributed by atoms with Crippen LogP contribution < -0.4 is 0 Å². The van der Waals surface area contributed by atoms with Gasteiger partial charge in [-0.15, -0.1) is 0 Å². The first-order valence-electron chi connectivity index (χ1n) is 3.48. The molecule has 0 atom stereocenters. The van der Waals surface area contributed by atoms with E-state index < -0.39 is 5.97 Å². The van der Waals surface area contributed by atoms with Gasteiger partial charge in [-0.3, -0.25) is 4.79 Å². The van der Waals surface area contributed by atoms with Crippen molar-refractivity contribution in [3.8, 4) is 0 Å². The minimum absolute atomic E-state index is 0. The van der Waals surface area contributed by atoms with E-state index in [2.05, 4.69) is 20.8 Å². The number of hydrogen-bond donors (Lipinski definition) is 1. The van der Waals surface area contributed by atoms with Crippen molar-refractivity contribution in [1.82, 2.24) is 0 Å². The van der Waals surface area contributed by atoms with Crippen LogP contribution in [0.1, 0.15) is 33.6 Å². The Morgan fingerprint density at radius 2 is 1.91 bits per heavy atom. The number of hydrogen-bond acceptors (Lipinski definition) is 1. The molecule has 0 heterocycles. The molecule has 0 amide bonds.